The van der Waals surface area contributed by atoms with Gasteiger partial charge in [-0.1, -0.05) is 13.8 Å². The molecule has 0 radical (unpaired) electrons. The number of nitrogens with one attached hydrogen (secondary N) is 2. The molecule has 1 aliphatic heterocycles. The van der Waals surface area contributed by atoms with Gasteiger partial charge in [0.25, 0.3) is 0 Å². The highest BCUT2D eigenvalue weighted by Crippen LogP contribution is 2.14. The molecule has 0 amide bonds. The molecule has 0 aromatic rings. The molecule has 0 saturated carbocycles. The van der Waals surface area contributed by atoms with Crippen LogP contribution >= 0.6 is 24.0 Å². The number of rotatable bonds is 6. The quantitative estimate of drug-likeness (QED) is 0.420. The van der Waals surface area contributed by atoms with Gasteiger partial charge in [0, 0.05) is 26.2 Å². The van der Waals surface area contributed by atoms with Crippen LogP contribution in [0, 0.1) is 11.8 Å². The summed E-state index contributed by atoms with van der Waals surface area (Å²) < 4.78 is 0. The Morgan fingerprint density at radius 2 is 2.11 bits per heavy atom. The Balaban J connectivity index is 0.00000324. The molecular formula is C14H31IN4. The zero-order valence-corrected chi connectivity index (χ0v) is 15.2. The Hall–Kier alpha value is -0.0400. The monoisotopic (exact) mass is 382 g/mol. The topological polar surface area (TPSA) is 39.7 Å². The van der Waals surface area contributed by atoms with E-state index in [-0.39, 0.29) is 24.0 Å². The second kappa shape index (κ2) is 10.7. The lowest BCUT2D eigenvalue weighted by Crippen LogP contribution is -2.38. The summed E-state index contributed by atoms with van der Waals surface area (Å²) in [7, 11) is 2.19. The molecule has 1 aliphatic rings. The molecule has 1 rings (SSSR count). The highest BCUT2D eigenvalue weighted by Gasteiger charge is 2.18. The van der Waals surface area contributed by atoms with Gasteiger partial charge in [0.05, 0.1) is 0 Å². The number of hydrogen-bond donors (Lipinski definition) is 2. The predicted molar refractivity (Wildman–Crippen MR) is 94.5 cm³/mol. The van der Waals surface area contributed by atoms with Crippen molar-refractivity contribution < 1.29 is 0 Å². The molecular weight excluding hydrogens is 351 g/mol. The summed E-state index contributed by atoms with van der Waals surface area (Å²) in [6.07, 6.45) is 2.47. The minimum absolute atomic E-state index is 0. The van der Waals surface area contributed by atoms with Crippen LogP contribution in [0.5, 0.6) is 0 Å². The number of halogens is 1. The smallest absolute Gasteiger partial charge is 0.191 e. The molecule has 1 fully saturated rings. The van der Waals surface area contributed by atoms with Gasteiger partial charge in [0.1, 0.15) is 0 Å². The first-order valence-electron chi connectivity index (χ1n) is 7.32. The first-order valence-corrected chi connectivity index (χ1v) is 7.32. The third-order valence-electron chi connectivity index (χ3n) is 3.35. The van der Waals surface area contributed by atoms with Crippen molar-refractivity contribution in [1.82, 2.24) is 15.5 Å². The van der Waals surface area contributed by atoms with Gasteiger partial charge in [-0.15, -0.1) is 24.0 Å². The fraction of sp³-hybridized carbons (Fsp3) is 0.929. The normalized spacial score (nSPS) is 20.5. The van der Waals surface area contributed by atoms with Crippen molar-refractivity contribution in [3.8, 4) is 0 Å². The van der Waals surface area contributed by atoms with E-state index < -0.39 is 0 Å². The van der Waals surface area contributed by atoms with Gasteiger partial charge in [0.2, 0.25) is 0 Å². The van der Waals surface area contributed by atoms with E-state index in [9.17, 15) is 0 Å². The SMILES string of the molecule is CCNC(=NCC1CCN(C)C1)NCCC(C)C.I. The summed E-state index contributed by atoms with van der Waals surface area (Å²) in [4.78, 5) is 7.08. The maximum Gasteiger partial charge on any atom is 0.191 e. The summed E-state index contributed by atoms with van der Waals surface area (Å²) in [5, 5.41) is 6.73. The fourth-order valence-electron chi connectivity index (χ4n) is 2.22. The van der Waals surface area contributed by atoms with Gasteiger partial charge in [0.15, 0.2) is 5.96 Å². The molecule has 1 heterocycles. The van der Waals surface area contributed by atoms with Crippen molar-refractivity contribution >= 4 is 29.9 Å². The van der Waals surface area contributed by atoms with Crippen molar-refractivity contribution in [3.05, 3.63) is 0 Å². The van der Waals surface area contributed by atoms with Crippen molar-refractivity contribution in [1.29, 1.82) is 0 Å². The van der Waals surface area contributed by atoms with Crippen LogP contribution in [0.25, 0.3) is 0 Å². The third kappa shape index (κ3) is 8.68. The van der Waals surface area contributed by atoms with Crippen LogP contribution in [0.2, 0.25) is 0 Å². The average Bonchev–Trinajstić information content (AvgIpc) is 2.71. The minimum Gasteiger partial charge on any atom is -0.357 e. The van der Waals surface area contributed by atoms with Crippen molar-refractivity contribution in [2.24, 2.45) is 16.8 Å². The van der Waals surface area contributed by atoms with Crippen molar-refractivity contribution in [2.75, 3.05) is 39.8 Å². The predicted octanol–water partition coefficient (Wildman–Crippen LogP) is 2.16. The van der Waals surface area contributed by atoms with Gasteiger partial charge < -0.3 is 15.5 Å². The van der Waals surface area contributed by atoms with Crippen LogP contribution in [0.4, 0.5) is 0 Å². The van der Waals surface area contributed by atoms with Gasteiger partial charge in [-0.3, -0.25) is 4.99 Å². The van der Waals surface area contributed by atoms with Crippen LogP contribution in [-0.2, 0) is 0 Å². The Morgan fingerprint density at radius 3 is 2.63 bits per heavy atom. The second-order valence-corrected chi connectivity index (χ2v) is 5.75. The first-order chi connectivity index (χ1) is 8.61. The molecule has 0 aromatic carbocycles. The zero-order valence-electron chi connectivity index (χ0n) is 12.9. The van der Waals surface area contributed by atoms with E-state index in [0.717, 1.165) is 37.4 Å². The fourth-order valence-corrected chi connectivity index (χ4v) is 2.22. The molecule has 0 aliphatic carbocycles. The lowest BCUT2D eigenvalue weighted by molar-refractivity contribution is 0.397. The Kier molecular flexibility index (Phi) is 10.7. The van der Waals surface area contributed by atoms with Crippen LogP contribution < -0.4 is 10.6 Å². The summed E-state index contributed by atoms with van der Waals surface area (Å²) in [5.41, 5.74) is 0. The first kappa shape index (κ1) is 19.0. The van der Waals surface area contributed by atoms with Crippen LogP contribution in [-0.4, -0.2) is 50.6 Å². The largest absolute Gasteiger partial charge is 0.357 e. The summed E-state index contributed by atoms with van der Waals surface area (Å²) in [5.74, 6) is 2.45. The van der Waals surface area contributed by atoms with Crippen LogP contribution in [0.3, 0.4) is 0 Å². The lowest BCUT2D eigenvalue weighted by Gasteiger charge is -2.13. The Bertz CT molecular complexity index is 256. The molecule has 0 bridgehead atoms. The second-order valence-electron chi connectivity index (χ2n) is 5.75. The van der Waals surface area contributed by atoms with E-state index in [4.69, 9.17) is 4.99 Å². The highest BCUT2D eigenvalue weighted by atomic mass is 127. The van der Waals surface area contributed by atoms with Crippen LogP contribution in [0.1, 0.15) is 33.6 Å². The van der Waals surface area contributed by atoms with Crippen molar-refractivity contribution in [3.63, 3.8) is 0 Å². The molecule has 0 aromatic heterocycles. The zero-order chi connectivity index (χ0) is 13.4. The molecule has 0 spiro atoms. The molecule has 5 heteroatoms. The molecule has 114 valence electrons. The van der Waals surface area contributed by atoms with E-state index in [1.165, 1.54) is 25.9 Å². The minimum atomic E-state index is 0. The van der Waals surface area contributed by atoms with Crippen LogP contribution in [0.15, 0.2) is 4.99 Å². The summed E-state index contributed by atoms with van der Waals surface area (Å²) >= 11 is 0. The van der Waals surface area contributed by atoms with E-state index >= 15 is 0 Å². The standard InChI is InChI=1S/C14H30N4.HI/c1-5-15-14(16-8-6-12(2)3)17-10-13-7-9-18(4)11-13;/h12-13H,5-11H2,1-4H3,(H2,15,16,17);1H. The van der Waals surface area contributed by atoms with Gasteiger partial charge in [-0.05, 0) is 45.2 Å². The van der Waals surface area contributed by atoms with E-state index in [0.29, 0.717) is 0 Å². The maximum absolute atomic E-state index is 4.69. The van der Waals surface area contributed by atoms with Crippen molar-refractivity contribution in [2.45, 2.75) is 33.6 Å². The molecule has 19 heavy (non-hydrogen) atoms. The van der Waals surface area contributed by atoms with E-state index in [1.54, 1.807) is 0 Å². The summed E-state index contributed by atoms with van der Waals surface area (Å²) in [6, 6.07) is 0. The molecule has 1 atom stereocenters. The van der Waals surface area contributed by atoms with Gasteiger partial charge >= 0.3 is 0 Å². The maximum atomic E-state index is 4.69. The van der Waals surface area contributed by atoms with Gasteiger partial charge in [-0.25, -0.2) is 0 Å². The summed E-state index contributed by atoms with van der Waals surface area (Å²) in [6.45, 7) is 11.9. The Morgan fingerprint density at radius 1 is 1.37 bits per heavy atom. The van der Waals surface area contributed by atoms with Gasteiger partial charge in [-0.2, -0.15) is 0 Å². The number of guanidine groups is 1. The number of aliphatic imine (C=N–C) groups is 1. The molecule has 1 saturated heterocycles. The third-order valence-corrected chi connectivity index (χ3v) is 3.35. The van der Waals surface area contributed by atoms with E-state index in [1.807, 2.05) is 0 Å². The number of likely N-dealkylation sites (tertiary alicyclic amines) is 1. The highest BCUT2D eigenvalue weighted by molar-refractivity contribution is 14.0. The number of hydrogen-bond acceptors (Lipinski definition) is 2. The van der Waals surface area contributed by atoms with E-state index in [2.05, 4.69) is 43.4 Å². The lowest BCUT2D eigenvalue weighted by atomic mass is 10.1. The average molecular weight is 382 g/mol. The number of nitrogens with zero attached hydrogens (tertiary/aromatic N) is 2. The molecule has 1 unspecified atom stereocenters. The Labute approximate surface area is 135 Å². The molecule has 4 nitrogen and oxygen atoms in total. The molecule has 2 N–H and O–H groups in total.